The molecule has 0 spiro atoms. The van der Waals surface area contributed by atoms with Crippen molar-refractivity contribution in [2.24, 2.45) is 0 Å². The Bertz CT molecular complexity index is 1310. The van der Waals surface area contributed by atoms with Crippen LogP contribution in [0.3, 0.4) is 0 Å². The molecule has 30 heavy (non-hydrogen) atoms. The number of benzene rings is 5. The highest BCUT2D eigenvalue weighted by Crippen LogP contribution is 2.35. The Morgan fingerprint density at radius 2 is 0.967 bits per heavy atom. The third-order valence-electron chi connectivity index (χ3n) is 6.13. The van der Waals surface area contributed by atoms with Gasteiger partial charge in [0.1, 0.15) is 0 Å². The molecule has 0 aromatic heterocycles. The summed E-state index contributed by atoms with van der Waals surface area (Å²) in [5.41, 5.74) is 7.74. The lowest BCUT2D eigenvalue weighted by atomic mass is 9.34. The van der Waals surface area contributed by atoms with Crippen molar-refractivity contribution >= 4 is 50.9 Å². The van der Waals surface area contributed by atoms with Crippen molar-refractivity contribution in [1.29, 1.82) is 0 Å². The van der Waals surface area contributed by atoms with E-state index in [-0.39, 0.29) is 6.71 Å². The second-order valence-corrected chi connectivity index (χ2v) is 7.79. The number of hydrogen-bond donors (Lipinski definition) is 0. The highest BCUT2D eigenvalue weighted by molar-refractivity contribution is 6.99. The quantitative estimate of drug-likeness (QED) is 0.376. The zero-order valence-electron chi connectivity index (χ0n) is 16.6. The first kappa shape index (κ1) is 17.1. The zero-order chi connectivity index (χ0) is 19.9. The smallest absolute Gasteiger partial charge is 0.247 e. The van der Waals surface area contributed by atoms with E-state index >= 15 is 0 Å². The summed E-state index contributed by atoms with van der Waals surface area (Å²) >= 11 is 0. The number of fused-ring (bicyclic) bond motifs is 3. The van der Waals surface area contributed by atoms with Crippen LogP contribution in [0.2, 0.25) is 0 Å². The minimum absolute atomic E-state index is 0.198. The van der Waals surface area contributed by atoms with E-state index < -0.39 is 0 Å². The van der Waals surface area contributed by atoms with E-state index in [0.717, 1.165) is 0 Å². The van der Waals surface area contributed by atoms with E-state index in [0.29, 0.717) is 0 Å². The Morgan fingerprint density at radius 3 is 1.70 bits per heavy atom. The average Bonchev–Trinajstić information content (AvgIpc) is 2.83. The van der Waals surface area contributed by atoms with Crippen molar-refractivity contribution in [3.8, 4) is 0 Å². The average molecular weight is 381 g/mol. The third kappa shape index (κ3) is 2.58. The highest BCUT2D eigenvalue weighted by Gasteiger charge is 2.35. The van der Waals surface area contributed by atoms with E-state index in [9.17, 15) is 0 Å². The SMILES string of the molecule is c1ccc(N2c3ccccc3B(c3cccc4ccccc34)c3ccccc32)cc1. The molecular weight excluding hydrogens is 361 g/mol. The first-order valence-corrected chi connectivity index (χ1v) is 10.4. The molecule has 0 aliphatic carbocycles. The molecule has 1 aliphatic rings. The Balaban J connectivity index is 1.67. The van der Waals surface area contributed by atoms with Gasteiger partial charge in [-0.15, -0.1) is 0 Å². The predicted molar refractivity (Wildman–Crippen MR) is 130 cm³/mol. The molecule has 1 aliphatic heterocycles. The van der Waals surface area contributed by atoms with Crippen molar-refractivity contribution < 1.29 is 0 Å². The van der Waals surface area contributed by atoms with Gasteiger partial charge in [0.15, 0.2) is 0 Å². The first-order chi connectivity index (χ1) is 14.9. The lowest BCUT2D eigenvalue weighted by molar-refractivity contribution is 1.29. The van der Waals surface area contributed by atoms with E-state index in [2.05, 4.69) is 126 Å². The van der Waals surface area contributed by atoms with Gasteiger partial charge in [0, 0.05) is 17.1 Å². The maximum absolute atomic E-state index is 2.40. The molecule has 0 bridgehead atoms. The molecule has 0 unspecified atom stereocenters. The molecule has 1 nitrogen and oxygen atoms in total. The molecule has 0 N–H and O–H groups in total. The molecule has 140 valence electrons. The van der Waals surface area contributed by atoms with Crippen LogP contribution in [0.25, 0.3) is 10.8 Å². The summed E-state index contributed by atoms with van der Waals surface area (Å²) in [6.07, 6.45) is 0. The van der Waals surface area contributed by atoms with Crippen LogP contribution in [0.4, 0.5) is 17.1 Å². The number of rotatable bonds is 2. The van der Waals surface area contributed by atoms with Gasteiger partial charge < -0.3 is 4.90 Å². The van der Waals surface area contributed by atoms with Gasteiger partial charge in [0.25, 0.3) is 0 Å². The van der Waals surface area contributed by atoms with E-state index in [1.165, 1.54) is 44.2 Å². The minimum atomic E-state index is 0.198. The summed E-state index contributed by atoms with van der Waals surface area (Å²) in [4.78, 5) is 2.40. The number of anilines is 3. The van der Waals surface area contributed by atoms with E-state index in [4.69, 9.17) is 0 Å². The van der Waals surface area contributed by atoms with Crippen LogP contribution in [0, 0.1) is 0 Å². The van der Waals surface area contributed by atoms with Crippen LogP contribution in [-0.4, -0.2) is 6.71 Å². The van der Waals surface area contributed by atoms with Crippen LogP contribution in [0.1, 0.15) is 0 Å². The summed E-state index contributed by atoms with van der Waals surface area (Å²) < 4.78 is 0. The van der Waals surface area contributed by atoms with Gasteiger partial charge in [-0.3, -0.25) is 0 Å². The molecule has 6 rings (SSSR count). The van der Waals surface area contributed by atoms with Gasteiger partial charge >= 0.3 is 0 Å². The summed E-state index contributed by atoms with van der Waals surface area (Å²) in [5, 5.41) is 2.61. The van der Waals surface area contributed by atoms with Crippen molar-refractivity contribution in [2.75, 3.05) is 4.90 Å². The van der Waals surface area contributed by atoms with E-state index in [1.54, 1.807) is 0 Å². The van der Waals surface area contributed by atoms with Gasteiger partial charge in [0.05, 0.1) is 0 Å². The molecule has 0 amide bonds. The Labute approximate surface area is 177 Å². The van der Waals surface area contributed by atoms with E-state index in [1.807, 2.05) is 0 Å². The van der Waals surface area contributed by atoms with Gasteiger partial charge in [0.2, 0.25) is 6.71 Å². The maximum Gasteiger partial charge on any atom is 0.247 e. The first-order valence-electron chi connectivity index (χ1n) is 10.4. The molecule has 0 atom stereocenters. The normalized spacial score (nSPS) is 12.5. The van der Waals surface area contributed by atoms with Gasteiger partial charge in [-0.25, -0.2) is 0 Å². The summed E-state index contributed by atoms with van der Waals surface area (Å²) in [6.45, 7) is 0.198. The Morgan fingerprint density at radius 1 is 0.433 bits per heavy atom. The third-order valence-corrected chi connectivity index (χ3v) is 6.13. The fourth-order valence-corrected chi connectivity index (χ4v) is 4.86. The van der Waals surface area contributed by atoms with Gasteiger partial charge in [-0.1, -0.05) is 103 Å². The van der Waals surface area contributed by atoms with Crippen molar-refractivity contribution in [3.63, 3.8) is 0 Å². The van der Waals surface area contributed by atoms with Crippen molar-refractivity contribution in [2.45, 2.75) is 0 Å². The lowest BCUT2D eigenvalue weighted by Crippen LogP contribution is -2.57. The van der Waals surface area contributed by atoms with Crippen LogP contribution in [-0.2, 0) is 0 Å². The summed E-state index contributed by atoms with van der Waals surface area (Å²) in [5.74, 6) is 0. The second-order valence-electron chi connectivity index (χ2n) is 7.79. The zero-order valence-corrected chi connectivity index (χ0v) is 16.6. The Kier molecular flexibility index (Phi) is 3.95. The lowest BCUT2D eigenvalue weighted by Gasteiger charge is -2.37. The fraction of sp³-hybridized carbons (Fsp3) is 0. The molecule has 5 aromatic carbocycles. The molecule has 0 fully saturated rings. The van der Waals surface area contributed by atoms with Crippen LogP contribution in [0.5, 0.6) is 0 Å². The largest absolute Gasteiger partial charge is 0.312 e. The fourth-order valence-electron chi connectivity index (χ4n) is 4.86. The van der Waals surface area contributed by atoms with Crippen LogP contribution < -0.4 is 21.3 Å². The minimum Gasteiger partial charge on any atom is -0.312 e. The Hall–Kier alpha value is -3.78. The monoisotopic (exact) mass is 381 g/mol. The number of hydrogen-bond acceptors (Lipinski definition) is 1. The molecule has 0 saturated heterocycles. The van der Waals surface area contributed by atoms with Gasteiger partial charge in [-0.2, -0.15) is 0 Å². The molecule has 0 radical (unpaired) electrons. The van der Waals surface area contributed by atoms with Crippen LogP contribution >= 0.6 is 0 Å². The molecule has 2 heteroatoms. The molecule has 1 heterocycles. The molecule has 0 saturated carbocycles. The molecular formula is C28H20BN. The highest BCUT2D eigenvalue weighted by atomic mass is 15.1. The van der Waals surface area contributed by atoms with Crippen molar-refractivity contribution in [3.05, 3.63) is 121 Å². The van der Waals surface area contributed by atoms with Crippen LogP contribution in [0.15, 0.2) is 121 Å². The topological polar surface area (TPSA) is 3.24 Å². The summed E-state index contributed by atoms with van der Waals surface area (Å²) in [6, 6.07) is 43.7. The predicted octanol–water partition coefficient (Wildman–Crippen LogP) is 5.14. The van der Waals surface area contributed by atoms with Crippen molar-refractivity contribution in [1.82, 2.24) is 0 Å². The second kappa shape index (κ2) is 6.93. The van der Waals surface area contributed by atoms with Gasteiger partial charge in [-0.05, 0) is 46.0 Å². The number of para-hydroxylation sites is 3. The standard InChI is InChI=1S/C28H20BN/c1-2-13-22(14-3-1)30-27-19-8-6-16-25(27)29(26-17-7-9-20-28(26)30)24-18-10-12-21-11-4-5-15-23(21)24/h1-20H. The summed E-state index contributed by atoms with van der Waals surface area (Å²) in [7, 11) is 0. The number of nitrogens with zero attached hydrogens (tertiary/aromatic N) is 1. The molecule has 5 aromatic rings. The maximum atomic E-state index is 2.40.